The number of nitrogens with zero attached hydrogens (tertiary/aromatic N) is 1. The highest BCUT2D eigenvalue weighted by atomic mass is 35.5. The van der Waals surface area contributed by atoms with Crippen LogP contribution in [0.3, 0.4) is 0 Å². The maximum absolute atomic E-state index is 13.7. The average molecular weight is 504 g/mol. The Morgan fingerprint density at radius 2 is 1.75 bits per heavy atom. The summed E-state index contributed by atoms with van der Waals surface area (Å²) in [5.41, 5.74) is 2.10. The summed E-state index contributed by atoms with van der Waals surface area (Å²) < 4.78 is 17.5. The van der Waals surface area contributed by atoms with Crippen molar-refractivity contribution in [3.8, 4) is 11.5 Å². The van der Waals surface area contributed by atoms with Gasteiger partial charge in [-0.3, -0.25) is 9.59 Å². The van der Waals surface area contributed by atoms with Crippen LogP contribution in [0.4, 0.5) is 0 Å². The van der Waals surface area contributed by atoms with Crippen LogP contribution in [-0.4, -0.2) is 24.5 Å². The van der Waals surface area contributed by atoms with E-state index in [-0.39, 0.29) is 23.6 Å². The molecule has 4 aromatic rings. The molecule has 0 fully saturated rings. The quantitative estimate of drug-likeness (QED) is 0.299. The van der Waals surface area contributed by atoms with Gasteiger partial charge in [0.1, 0.15) is 5.58 Å². The molecule has 0 spiro atoms. The number of para-hydroxylation sites is 1. The Hall–Kier alpha value is -3.77. The van der Waals surface area contributed by atoms with Gasteiger partial charge >= 0.3 is 0 Å². The summed E-state index contributed by atoms with van der Waals surface area (Å²) in [6.45, 7) is 4.95. The largest absolute Gasteiger partial charge is 0.493 e. The fraction of sp³-hybridized carbons (Fsp3) is 0.241. The first-order valence-electron chi connectivity index (χ1n) is 11.8. The van der Waals surface area contributed by atoms with Gasteiger partial charge in [0, 0.05) is 11.6 Å². The molecule has 2 heterocycles. The van der Waals surface area contributed by atoms with Gasteiger partial charge in [-0.25, -0.2) is 0 Å². The highest BCUT2D eigenvalue weighted by molar-refractivity contribution is 6.30. The number of amides is 1. The molecule has 1 atom stereocenters. The van der Waals surface area contributed by atoms with Crippen molar-refractivity contribution in [2.24, 2.45) is 5.92 Å². The number of fused-ring (bicyclic) bond motifs is 2. The Kier molecular flexibility index (Phi) is 6.46. The van der Waals surface area contributed by atoms with E-state index in [1.807, 2.05) is 30.3 Å². The highest BCUT2D eigenvalue weighted by Crippen LogP contribution is 2.41. The summed E-state index contributed by atoms with van der Waals surface area (Å²) in [6.07, 6.45) is 0. The molecule has 1 aliphatic rings. The van der Waals surface area contributed by atoms with Crippen molar-refractivity contribution < 1.29 is 18.7 Å². The van der Waals surface area contributed by atoms with Crippen molar-refractivity contribution >= 4 is 28.5 Å². The van der Waals surface area contributed by atoms with Gasteiger partial charge in [0.15, 0.2) is 16.9 Å². The second-order valence-corrected chi connectivity index (χ2v) is 9.68. The lowest BCUT2D eigenvalue weighted by Gasteiger charge is -2.26. The third-order valence-electron chi connectivity index (χ3n) is 6.21. The number of rotatable bonds is 7. The molecule has 7 heteroatoms. The molecule has 3 aromatic carbocycles. The van der Waals surface area contributed by atoms with E-state index in [1.165, 1.54) is 0 Å². The Labute approximate surface area is 214 Å². The molecule has 0 saturated carbocycles. The van der Waals surface area contributed by atoms with Gasteiger partial charge in [-0.1, -0.05) is 55.8 Å². The molecule has 1 aliphatic heterocycles. The van der Waals surface area contributed by atoms with Crippen LogP contribution in [0.5, 0.6) is 11.5 Å². The molecule has 0 aliphatic carbocycles. The smallest absolute Gasteiger partial charge is 0.291 e. The van der Waals surface area contributed by atoms with Gasteiger partial charge in [0.05, 0.1) is 30.7 Å². The van der Waals surface area contributed by atoms with E-state index in [1.54, 1.807) is 48.4 Å². The van der Waals surface area contributed by atoms with Gasteiger partial charge < -0.3 is 18.8 Å². The van der Waals surface area contributed by atoms with Crippen molar-refractivity contribution in [2.75, 3.05) is 13.7 Å². The number of halogens is 1. The molecule has 6 nitrogen and oxygen atoms in total. The van der Waals surface area contributed by atoms with Crippen LogP contribution >= 0.6 is 11.6 Å². The molecular weight excluding hydrogens is 478 g/mol. The molecule has 1 amide bonds. The zero-order chi connectivity index (χ0) is 25.4. The topological polar surface area (TPSA) is 69.0 Å². The van der Waals surface area contributed by atoms with Crippen LogP contribution in [0.2, 0.25) is 5.02 Å². The van der Waals surface area contributed by atoms with Gasteiger partial charge in [-0.2, -0.15) is 0 Å². The van der Waals surface area contributed by atoms with Crippen LogP contribution in [0.25, 0.3) is 11.0 Å². The first kappa shape index (κ1) is 23.9. The lowest BCUT2D eigenvalue weighted by molar-refractivity contribution is 0.0714. The lowest BCUT2D eigenvalue weighted by atomic mass is 9.97. The van der Waals surface area contributed by atoms with Gasteiger partial charge in [-0.15, -0.1) is 0 Å². The maximum atomic E-state index is 13.7. The number of hydrogen-bond donors (Lipinski definition) is 0. The Morgan fingerprint density at radius 1 is 1.00 bits per heavy atom. The standard InChI is InChI=1S/C29H26ClNO5/c1-17(2)16-35-23-13-10-19(14-24(23)34-3)26-25-27(32)21-6-4-5-7-22(21)36-28(25)29(33)31(26)15-18-8-11-20(30)12-9-18/h4-14,17,26H,15-16H2,1-3H3. The first-order valence-corrected chi connectivity index (χ1v) is 12.2. The molecule has 0 bridgehead atoms. The summed E-state index contributed by atoms with van der Waals surface area (Å²) in [6, 6.07) is 19.1. The molecule has 0 radical (unpaired) electrons. The van der Waals surface area contributed by atoms with Crippen molar-refractivity contribution in [2.45, 2.75) is 26.4 Å². The third-order valence-corrected chi connectivity index (χ3v) is 6.47. The van der Waals surface area contributed by atoms with E-state index in [4.69, 9.17) is 25.5 Å². The molecule has 0 N–H and O–H groups in total. The number of hydrogen-bond acceptors (Lipinski definition) is 5. The summed E-state index contributed by atoms with van der Waals surface area (Å²) in [5.74, 6) is 1.21. The second-order valence-electron chi connectivity index (χ2n) is 9.25. The lowest BCUT2D eigenvalue weighted by Crippen LogP contribution is -2.29. The monoisotopic (exact) mass is 503 g/mol. The molecular formula is C29H26ClNO5. The van der Waals surface area contributed by atoms with Crippen LogP contribution in [-0.2, 0) is 6.54 Å². The van der Waals surface area contributed by atoms with Gasteiger partial charge in [0.25, 0.3) is 5.91 Å². The molecule has 1 aromatic heterocycles. The second kappa shape index (κ2) is 9.70. The predicted octanol–water partition coefficient (Wildman–Crippen LogP) is 6.24. The predicted molar refractivity (Wildman–Crippen MR) is 139 cm³/mol. The third kappa shape index (κ3) is 4.33. The van der Waals surface area contributed by atoms with E-state index < -0.39 is 6.04 Å². The van der Waals surface area contributed by atoms with Crippen LogP contribution in [0.15, 0.2) is 75.9 Å². The van der Waals surface area contributed by atoms with Crippen molar-refractivity contribution in [1.82, 2.24) is 4.90 Å². The summed E-state index contributed by atoms with van der Waals surface area (Å²) >= 11 is 6.07. The normalized spacial score (nSPS) is 15.0. The molecule has 5 rings (SSSR count). The van der Waals surface area contributed by atoms with E-state index in [9.17, 15) is 9.59 Å². The number of carbonyl (C=O) groups is 1. The van der Waals surface area contributed by atoms with Crippen LogP contribution < -0.4 is 14.9 Å². The Bertz CT molecular complexity index is 1490. The summed E-state index contributed by atoms with van der Waals surface area (Å²) in [5, 5.41) is 1.04. The number of methoxy groups -OCH3 is 1. The minimum Gasteiger partial charge on any atom is -0.493 e. The SMILES string of the molecule is COc1cc(C2c3c(oc4ccccc4c3=O)C(=O)N2Cc2ccc(Cl)cc2)ccc1OCC(C)C. The van der Waals surface area contributed by atoms with E-state index in [0.29, 0.717) is 45.6 Å². The van der Waals surface area contributed by atoms with Crippen molar-refractivity contribution in [3.05, 3.63) is 104 Å². The molecule has 0 saturated heterocycles. The van der Waals surface area contributed by atoms with E-state index in [2.05, 4.69) is 13.8 Å². The average Bonchev–Trinajstić information content (AvgIpc) is 3.15. The van der Waals surface area contributed by atoms with E-state index >= 15 is 0 Å². The van der Waals surface area contributed by atoms with Gasteiger partial charge in [-0.05, 0) is 53.4 Å². The summed E-state index contributed by atoms with van der Waals surface area (Å²) in [4.78, 5) is 29.0. The van der Waals surface area contributed by atoms with E-state index in [0.717, 1.165) is 11.1 Å². The minimum atomic E-state index is -0.655. The zero-order valence-electron chi connectivity index (χ0n) is 20.3. The Morgan fingerprint density at radius 3 is 2.47 bits per heavy atom. The number of carbonyl (C=O) groups excluding carboxylic acids is 1. The highest BCUT2D eigenvalue weighted by Gasteiger charge is 2.43. The van der Waals surface area contributed by atoms with Crippen LogP contribution in [0, 0.1) is 5.92 Å². The Balaban J connectivity index is 1.65. The minimum absolute atomic E-state index is 0.0664. The summed E-state index contributed by atoms with van der Waals surface area (Å²) in [7, 11) is 1.57. The van der Waals surface area contributed by atoms with Crippen LogP contribution in [0.1, 0.15) is 47.1 Å². The molecule has 36 heavy (non-hydrogen) atoms. The number of benzene rings is 3. The molecule has 1 unspecified atom stereocenters. The fourth-order valence-corrected chi connectivity index (χ4v) is 4.62. The van der Waals surface area contributed by atoms with Crippen molar-refractivity contribution in [3.63, 3.8) is 0 Å². The molecule has 184 valence electrons. The van der Waals surface area contributed by atoms with Crippen molar-refractivity contribution in [1.29, 1.82) is 0 Å². The zero-order valence-corrected chi connectivity index (χ0v) is 21.0. The number of ether oxygens (including phenoxy) is 2. The fourth-order valence-electron chi connectivity index (χ4n) is 4.49. The first-order chi connectivity index (χ1) is 17.4. The van der Waals surface area contributed by atoms with Gasteiger partial charge in [0.2, 0.25) is 5.76 Å². The maximum Gasteiger partial charge on any atom is 0.291 e.